The summed E-state index contributed by atoms with van der Waals surface area (Å²) in [5.41, 5.74) is 1.26. The number of carbonyl (C=O) groups is 2. The first-order valence-corrected chi connectivity index (χ1v) is 13.7. The van der Waals surface area contributed by atoms with Crippen LogP contribution in [-0.4, -0.2) is 70.8 Å². The minimum atomic E-state index is -3.84. The fourth-order valence-corrected chi connectivity index (χ4v) is 4.47. The lowest BCUT2D eigenvalue weighted by Crippen LogP contribution is -2.53. The second-order valence-corrected chi connectivity index (χ2v) is 10.5. The van der Waals surface area contributed by atoms with E-state index < -0.39 is 28.5 Å². The Morgan fingerprint density at radius 1 is 1.00 bits per heavy atom. The molecule has 0 fully saturated rings. The number of sulfonamides is 1. The van der Waals surface area contributed by atoms with E-state index in [1.165, 1.54) is 25.2 Å². The van der Waals surface area contributed by atoms with Gasteiger partial charge in [0.2, 0.25) is 21.8 Å². The smallest absolute Gasteiger partial charge is 0.244 e. The number of anilines is 1. The summed E-state index contributed by atoms with van der Waals surface area (Å²) < 4.78 is 37.0. The largest absolute Gasteiger partial charge is 0.493 e. The lowest BCUT2D eigenvalue weighted by molar-refractivity contribution is -0.139. The van der Waals surface area contributed by atoms with Gasteiger partial charge in [0, 0.05) is 18.7 Å². The van der Waals surface area contributed by atoms with Crippen LogP contribution in [0.15, 0.2) is 48.5 Å². The molecular weight excluding hydrogens is 482 g/mol. The highest BCUT2D eigenvalue weighted by Gasteiger charge is 2.30. The number of hydrogen-bond acceptors (Lipinski definition) is 6. The Bertz CT molecular complexity index is 1120. The molecule has 10 heteroatoms. The van der Waals surface area contributed by atoms with Gasteiger partial charge in [0.25, 0.3) is 0 Å². The fourth-order valence-electron chi connectivity index (χ4n) is 3.63. The van der Waals surface area contributed by atoms with E-state index in [0.29, 0.717) is 17.9 Å². The number of hydrogen-bond donors (Lipinski definition) is 1. The van der Waals surface area contributed by atoms with Crippen LogP contribution in [0.4, 0.5) is 5.69 Å². The average Bonchev–Trinajstić information content (AvgIpc) is 2.86. The van der Waals surface area contributed by atoms with Gasteiger partial charge in [-0.2, -0.15) is 0 Å². The predicted octanol–water partition coefficient (Wildman–Crippen LogP) is 2.84. The van der Waals surface area contributed by atoms with Gasteiger partial charge in [-0.3, -0.25) is 13.9 Å². The van der Waals surface area contributed by atoms with E-state index in [2.05, 4.69) is 5.32 Å². The maximum Gasteiger partial charge on any atom is 0.244 e. The first kappa shape index (κ1) is 29.0. The van der Waals surface area contributed by atoms with E-state index in [9.17, 15) is 18.0 Å². The zero-order valence-corrected chi connectivity index (χ0v) is 22.7. The third kappa shape index (κ3) is 7.87. The zero-order chi connectivity index (χ0) is 26.9. The average molecular weight is 520 g/mol. The summed E-state index contributed by atoms with van der Waals surface area (Å²) in [6, 6.07) is 13.4. The molecule has 2 aromatic carbocycles. The van der Waals surface area contributed by atoms with Gasteiger partial charge >= 0.3 is 0 Å². The monoisotopic (exact) mass is 519 g/mol. The summed E-state index contributed by atoms with van der Waals surface area (Å²) in [5, 5.41) is 2.91. The van der Waals surface area contributed by atoms with Crippen LogP contribution in [0.1, 0.15) is 32.8 Å². The standard InChI is InChI=1S/C26H37N3O6S/c1-7-19(2)27-26(31)20(3)28(16-15-21-11-9-8-10-12-21)25(30)18-29(36(6,32)33)22-13-14-23(34-4)24(17-22)35-5/h8-14,17,19-20H,7,15-16,18H2,1-6H3,(H,27,31)/t19-,20+/m1/s1. The SMILES string of the molecule is CC[C@@H](C)NC(=O)[C@H](C)N(CCc1ccccc1)C(=O)CN(c1ccc(OC)c(OC)c1)S(C)(=O)=O. The van der Waals surface area contributed by atoms with Crippen LogP contribution in [0.5, 0.6) is 11.5 Å². The molecule has 0 saturated carbocycles. The molecule has 0 bridgehead atoms. The van der Waals surface area contributed by atoms with Crippen molar-refractivity contribution >= 4 is 27.5 Å². The van der Waals surface area contributed by atoms with Gasteiger partial charge < -0.3 is 19.7 Å². The Morgan fingerprint density at radius 2 is 1.64 bits per heavy atom. The lowest BCUT2D eigenvalue weighted by atomic mass is 10.1. The summed E-state index contributed by atoms with van der Waals surface area (Å²) in [6.07, 6.45) is 2.30. The van der Waals surface area contributed by atoms with Crippen molar-refractivity contribution in [1.82, 2.24) is 10.2 Å². The van der Waals surface area contributed by atoms with Gasteiger partial charge in [-0.1, -0.05) is 37.3 Å². The van der Waals surface area contributed by atoms with Crippen LogP contribution in [0, 0.1) is 0 Å². The van der Waals surface area contributed by atoms with Crippen LogP contribution in [-0.2, 0) is 26.0 Å². The van der Waals surface area contributed by atoms with Gasteiger partial charge in [-0.15, -0.1) is 0 Å². The molecular formula is C26H37N3O6S. The molecule has 36 heavy (non-hydrogen) atoms. The molecule has 0 aliphatic heterocycles. The number of methoxy groups -OCH3 is 2. The van der Waals surface area contributed by atoms with Gasteiger partial charge in [0.15, 0.2) is 11.5 Å². The fraction of sp³-hybridized carbons (Fsp3) is 0.462. The van der Waals surface area contributed by atoms with Crippen molar-refractivity contribution in [3.8, 4) is 11.5 Å². The third-order valence-corrected chi connectivity index (χ3v) is 7.13. The summed E-state index contributed by atoms with van der Waals surface area (Å²) in [7, 11) is -0.915. The van der Waals surface area contributed by atoms with E-state index in [1.54, 1.807) is 19.1 Å². The van der Waals surface area contributed by atoms with Gasteiger partial charge in [0.1, 0.15) is 12.6 Å². The molecule has 2 amide bonds. The van der Waals surface area contributed by atoms with Crippen LogP contribution in [0.2, 0.25) is 0 Å². The van der Waals surface area contributed by atoms with E-state index >= 15 is 0 Å². The molecule has 2 rings (SSSR count). The predicted molar refractivity (Wildman–Crippen MR) is 141 cm³/mol. The van der Waals surface area contributed by atoms with Gasteiger partial charge in [-0.25, -0.2) is 8.42 Å². The molecule has 0 radical (unpaired) electrons. The van der Waals surface area contributed by atoms with Crippen LogP contribution in [0.25, 0.3) is 0 Å². The normalized spacial score (nSPS) is 12.8. The molecule has 0 aliphatic rings. The number of nitrogens with one attached hydrogen (secondary N) is 1. The van der Waals surface area contributed by atoms with Crippen LogP contribution in [0.3, 0.4) is 0 Å². The van der Waals surface area contributed by atoms with Crippen LogP contribution < -0.4 is 19.1 Å². The van der Waals surface area contributed by atoms with Crippen molar-refractivity contribution in [3.63, 3.8) is 0 Å². The third-order valence-electron chi connectivity index (χ3n) is 5.99. The Labute approximate surface area is 214 Å². The number of ether oxygens (including phenoxy) is 2. The molecule has 0 spiro atoms. The maximum absolute atomic E-state index is 13.6. The zero-order valence-electron chi connectivity index (χ0n) is 21.9. The minimum absolute atomic E-state index is 0.0506. The van der Waals surface area contributed by atoms with Gasteiger partial charge in [0.05, 0.1) is 26.2 Å². The van der Waals surface area contributed by atoms with Crippen LogP contribution >= 0.6 is 0 Å². The number of carbonyl (C=O) groups excluding carboxylic acids is 2. The summed E-state index contributed by atoms with van der Waals surface area (Å²) in [6.45, 7) is 5.29. The van der Waals surface area contributed by atoms with Crippen molar-refractivity contribution in [2.75, 3.05) is 37.9 Å². The number of amides is 2. The van der Waals surface area contributed by atoms with Crippen molar-refractivity contribution < 1.29 is 27.5 Å². The van der Waals surface area contributed by atoms with E-state index in [1.807, 2.05) is 44.2 Å². The van der Waals surface area contributed by atoms with Crippen molar-refractivity contribution in [1.29, 1.82) is 0 Å². The highest BCUT2D eigenvalue weighted by molar-refractivity contribution is 7.92. The van der Waals surface area contributed by atoms with Gasteiger partial charge in [-0.05, 0) is 44.4 Å². The molecule has 0 saturated heterocycles. The molecule has 0 aliphatic carbocycles. The highest BCUT2D eigenvalue weighted by Crippen LogP contribution is 2.32. The quantitative estimate of drug-likeness (QED) is 0.436. The molecule has 0 aromatic heterocycles. The second kappa shape index (κ2) is 13.2. The van der Waals surface area contributed by atoms with Crippen molar-refractivity contribution in [3.05, 3.63) is 54.1 Å². The molecule has 2 aromatic rings. The van der Waals surface area contributed by atoms with Crippen molar-refractivity contribution in [2.45, 2.75) is 45.7 Å². The van der Waals surface area contributed by atoms with E-state index in [-0.39, 0.29) is 24.2 Å². The Hall–Kier alpha value is -3.27. The molecule has 0 heterocycles. The number of rotatable bonds is 13. The highest BCUT2D eigenvalue weighted by atomic mass is 32.2. The minimum Gasteiger partial charge on any atom is -0.493 e. The molecule has 1 N–H and O–H groups in total. The van der Waals surface area contributed by atoms with E-state index in [4.69, 9.17) is 9.47 Å². The lowest BCUT2D eigenvalue weighted by Gasteiger charge is -2.32. The van der Waals surface area contributed by atoms with E-state index in [0.717, 1.165) is 22.5 Å². The molecule has 0 unspecified atom stereocenters. The Morgan fingerprint density at radius 3 is 2.19 bits per heavy atom. The Kier molecular flexibility index (Phi) is 10.6. The Balaban J connectivity index is 2.36. The summed E-state index contributed by atoms with van der Waals surface area (Å²) in [5.74, 6) is -0.0140. The molecule has 9 nitrogen and oxygen atoms in total. The first-order chi connectivity index (χ1) is 17.0. The summed E-state index contributed by atoms with van der Waals surface area (Å²) >= 11 is 0. The maximum atomic E-state index is 13.6. The molecule has 198 valence electrons. The van der Waals surface area contributed by atoms with Crippen molar-refractivity contribution in [2.24, 2.45) is 0 Å². The topological polar surface area (TPSA) is 105 Å². The molecule has 2 atom stereocenters. The summed E-state index contributed by atoms with van der Waals surface area (Å²) in [4.78, 5) is 27.9. The number of nitrogens with zero attached hydrogens (tertiary/aromatic N) is 2. The number of benzene rings is 2. The second-order valence-electron chi connectivity index (χ2n) is 8.63. The first-order valence-electron chi connectivity index (χ1n) is 11.8.